The van der Waals surface area contributed by atoms with E-state index in [9.17, 15) is 4.79 Å². The molecule has 20 heavy (non-hydrogen) atoms. The van der Waals surface area contributed by atoms with Crippen LogP contribution in [0.3, 0.4) is 0 Å². The summed E-state index contributed by atoms with van der Waals surface area (Å²) in [4.78, 5) is 33.3. The van der Waals surface area contributed by atoms with Gasteiger partial charge in [-0.1, -0.05) is 36.4 Å². The van der Waals surface area contributed by atoms with Crippen LogP contribution in [0.2, 0.25) is 0 Å². The minimum atomic E-state index is -4.64. The third kappa shape index (κ3) is 7.45. The summed E-state index contributed by atoms with van der Waals surface area (Å²) < 4.78 is 8.88. The van der Waals surface area contributed by atoms with Crippen molar-refractivity contribution >= 4 is 19.4 Å². The van der Waals surface area contributed by atoms with Crippen molar-refractivity contribution in [2.75, 3.05) is 5.32 Å². The van der Waals surface area contributed by atoms with Gasteiger partial charge in [0.05, 0.1) is 0 Å². The standard InChI is InChI=1S/C13H11NO.H3O4P/c15-13(11-7-3-1-4-8-11)14-12-9-5-2-6-10-12;1-5(2,3)4/h1-10H,(H,14,15);(H3,1,2,3,4). The molecule has 6 nitrogen and oxygen atoms in total. The van der Waals surface area contributed by atoms with Crippen LogP contribution >= 0.6 is 7.82 Å². The minimum absolute atomic E-state index is 0.0817. The molecule has 0 aromatic heterocycles. The fourth-order valence-electron chi connectivity index (χ4n) is 1.31. The molecule has 0 aliphatic carbocycles. The van der Waals surface area contributed by atoms with Gasteiger partial charge in [-0.05, 0) is 24.3 Å². The van der Waals surface area contributed by atoms with Crippen molar-refractivity contribution in [2.45, 2.75) is 0 Å². The van der Waals surface area contributed by atoms with Crippen LogP contribution in [0, 0.1) is 0 Å². The molecule has 106 valence electrons. The average Bonchev–Trinajstić information content (AvgIpc) is 2.39. The molecule has 7 heteroatoms. The van der Waals surface area contributed by atoms with Gasteiger partial charge >= 0.3 is 7.82 Å². The molecule has 0 heterocycles. The number of amides is 1. The molecule has 0 radical (unpaired) electrons. The average molecular weight is 295 g/mol. The van der Waals surface area contributed by atoms with Gasteiger partial charge in [-0.25, -0.2) is 4.57 Å². The Morgan fingerprint density at radius 2 is 1.25 bits per heavy atom. The van der Waals surface area contributed by atoms with Crippen LogP contribution in [-0.4, -0.2) is 20.6 Å². The zero-order valence-corrected chi connectivity index (χ0v) is 11.3. The first-order valence-electron chi connectivity index (χ1n) is 5.56. The van der Waals surface area contributed by atoms with Gasteiger partial charge in [-0.3, -0.25) is 4.79 Å². The van der Waals surface area contributed by atoms with Gasteiger partial charge < -0.3 is 20.0 Å². The van der Waals surface area contributed by atoms with E-state index < -0.39 is 7.82 Å². The van der Waals surface area contributed by atoms with Crippen molar-refractivity contribution in [2.24, 2.45) is 0 Å². The molecular weight excluding hydrogens is 281 g/mol. The molecule has 0 unspecified atom stereocenters. The van der Waals surface area contributed by atoms with Crippen LogP contribution in [0.4, 0.5) is 5.69 Å². The van der Waals surface area contributed by atoms with E-state index in [-0.39, 0.29) is 5.91 Å². The van der Waals surface area contributed by atoms with Crippen molar-refractivity contribution in [1.29, 1.82) is 0 Å². The van der Waals surface area contributed by atoms with Gasteiger partial charge in [0.15, 0.2) is 0 Å². The molecule has 0 atom stereocenters. The lowest BCUT2D eigenvalue weighted by atomic mass is 10.2. The third-order valence-corrected chi connectivity index (χ3v) is 2.07. The Kier molecular flexibility index (Phi) is 6.09. The largest absolute Gasteiger partial charge is 0.466 e. The fraction of sp³-hybridized carbons (Fsp3) is 0. The maximum Gasteiger partial charge on any atom is 0.466 e. The van der Waals surface area contributed by atoms with E-state index >= 15 is 0 Å². The Hall–Kier alpha value is -1.98. The van der Waals surface area contributed by atoms with Crippen LogP contribution in [0.25, 0.3) is 0 Å². The summed E-state index contributed by atoms with van der Waals surface area (Å²) in [5, 5.41) is 2.82. The molecule has 4 N–H and O–H groups in total. The Balaban J connectivity index is 0.000000347. The second kappa shape index (κ2) is 7.57. The number of para-hydroxylation sites is 1. The smallest absolute Gasteiger partial charge is 0.322 e. The predicted octanol–water partition coefficient (Wildman–Crippen LogP) is 2.01. The summed E-state index contributed by atoms with van der Waals surface area (Å²) in [6.07, 6.45) is 0. The number of phosphoric acid groups is 1. The van der Waals surface area contributed by atoms with E-state index in [1.165, 1.54) is 0 Å². The molecule has 2 rings (SSSR count). The predicted molar refractivity (Wildman–Crippen MR) is 75.1 cm³/mol. The Labute approximate surface area is 116 Å². The SMILES string of the molecule is O=C(Nc1ccccc1)c1ccccc1.O=P(O)(O)O. The van der Waals surface area contributed by atoms with Crippen molar-refractivity contribution in [3.05, 3.63) is 66.2 Å². The van der Waals surface area contributed by atoms with E-state index in [0.29, 0.717) is 5.56 Å². The van der Waals surface area contributed by atoms with E-state index in [1.807, 2.05) is 48.5 Å². The minimum Gasteiger partial charge on any atom is -0.322 e. The zero-order chi connectivity index (χ0) is 15.0. The van der Waals surface area contributed by atoms with Crippen LogP contribution in [0.1, 0.15) is 10.4 Å². The summed E-state index contributed by atoms with van der Waals surface area (Å²) in [6, 6.07) is 18.6. The summed E-state index contributed by atoms with van der Waals surface area (Å²) in [6.45, 7) is 0. The monoisotopic (exact) mass is 295 g/mol. The van der Waals surface area contributed by atoms with Crippen LogP contribution < -0.4 is 5.32 Å². The second-order valence-corrected chi connectivity index (χ2v) is 4.73. The molecule has 0 fully saturated rings. The highest BCUT2D eigenvalue weighted by molar-refractivity contribution is 7.45. The van der Waals surface area contributed by atoms with E-state index in [1.54, 1.807) is 12.1 Å². The molecule has 0 saturated carbocycles. The lowest BCUT2D eigenvalue weighted by molar-refractivity contribution is 0.102. The van der Waals surface area contributed by atoms with Gasteiger partial charge in [0, 0.05) is 11.3 Å². The summed E-state index contributed by atoms with van der Waals surface area (Å²) in [5.74, 6) is -0.0817. The summed E-state index contributed by atoms with van der Waals surface area (Å²) in [5.41, 5.74) is 1.48. The number of benzene rings is 2. The van der Waals surface area contributed by atoms with Crippen LogP contribution in [0.5, 0.6) is 0 Å². The molecule has 0 bridgehead atoms. The first kappa shape index (κ1) is 16.1. The Morgan fingerprint density at radius 3 is 1.70 bits per heavy atom. The quantitative estimate of drug-likeness (QED) is 0.634. The number of hydrogen-bond acceptors (Lipinski definition) is 2. The number of hydrogen-bond donors (Lipinski definition) is 4. The third-order valence-electron chi connectivity index (χ3n) is 2.07. The van der Waals surface area contributed by atoms with Crippen molar-refractivity contribution in [3.63, 3.8) is 0 Å². The molecule has 2 aromatic carbocycles. The van der Waals surface area contributed by atoms with E-state index in [2.05, 4.69) is 5.32 Å². The molecule has 1 amide bonds. The van der Waals surface area contributed by atoms with Gasteiger partial charge in [0.2, 0.25) is 0 Å². The number of nitrogens with one attached hydrogen (secondary N) is 1. The van der Waals surface area contributed by atoms with Crippen LogP contribution in [0.15, 0.2) is 60.7 Å². The molecular formula is C13H14NO5P. The normalized spacial score (nSPS) is 10.2. The van der Waals surface area contributed by atoms with E-state index in [4.69, 9.17) is 19.2 Å². The highest BCUT2D eigenvalue weighted by Crippen LogP contribution is 2.25. The van der Waals surface area contributed by atoms with Gasteiger partial charge in [0.1, 0.15) is 0 Å². The van der Waals surface area contributed by atoms with Gasteiger partial charge in [0.25, 0.3) is 5.91 Å². The number of rotatable bonds is 2. The van der Waals surface area contributed by atoms with Crippen LogP contribution in [-0.2, 0) is 4.57 Å². The topological polar surface area (TPSA) is 107 Å². The molecule has 0 spiro atoms. The van der Waals surface area contributed by atoms with Crippen molar-refractivity contribution in [3.8, 4) is 0 Å². The Morgan fingerprint density at radius 1 is 0.850 bits per heavy atom. The number of anilines is 1. The summed E-state index contributed by atoms with van der Waals surface area (Å²) >= 11 is 0. The van der Waals surface area contributed by atoms with Crippen molar-refractivity contribution in [1.82, 2.24) is 0 Å². The first-order valence-corrected chi connectivity index (χ1v) is 7.12. The maximum atomic E-state index is 11.7. The lowest BCUT2D eigenvalue weighted by Crippen LogP contribution is -2.11. The van der Waals surface area contributed by atoms with E-state index in [0.717, 1.165) is 5.69 Å². The number of carbonyl (C=O) groups is 1. The molecule has 0 aliphatic heterocycles. The summed E-state index contributed by atoms with van der Waals surface area (Å²) in [7, 11) is -4.64. The van der Waals surface area contributed by atoms with Gasteiger partial charge in [-0.15, -0.1) is 0 Å². The number of carbonyl (C=O) groups excluding carboxylic acids is 1. The molecule has 0 aliphatic rings. The van der Waals surface area contributed by atoms with Crippen molar-refractivity contribution < 1.29 is 24.0 Å². The highest BCUT2D eigenvalue weighted by Gasteiger charge is 2.03. The first-order chi connectivity index (χ1) is 9.36. The lowest BCUT2D eigenvalue weighted by Gasteiger charge is -2.03. The molecule has 2 aromatic rings. The van der Waals surface area contributed by atoms with Gasteiger partial charge in [-0.2, -0.15) is 0 Å². The second-order valence-electron chi connectivity index (χ2n) is 3.70. The highest BCUT2D eigenvalue weighted by atomic mass is 31.2. The zero-order valence-electron chi connectivity index (χ0n) is 10.4. The molecule has 0 saturated heterocycles. The maximum absolute atomic E-state index is 11.7. The fourth-order valence-corrected chi connectivity index (χ4v) is 1.31. The Bertz CT molecular complexity index is 574.